The van der Waals surface area contributed by atoms with Gasteiger partial charge >= 0.3 is 0 Å². The van der Waals surface area contributed by atoms with Crippen LogP contribution >= 0.6 is 12.2 Å². The van der Waals surface area contributed by atoms with Crippen LogP contribution in [0.25, 0.3) is 11.3 Å². The highest BCUT2D eigenvalue weighted by Gasteiger charge is 2.42. The first kappa shape index (κ1) is 20.3. The third-order valence-corrected chi connectivity index (χ3v) is 5.88. The lowest BCUT2D eigenvalue weighted by Gasteiger charge is -2.26. The van der Waals surface area contributed by atoms with Crippen LogP contribution in [-0.2, 0) is 0 Å². The van der Waals surface area contributed by atoms with Crippen molar-refractivity contribution in [1.29, 1.82) is 0 Å². The number of aromatic nitrogens is 1. The molecule has 4 nitrogen and oxygen atoms in total. The summed E-state index contributed by atoms with van der Waals surface area (Å²) >= 11 is 5.68. The number of rotatable bonds is 4. The average Bonchev–Trinajstić information content (AvgIpc) is 3.41. The molecule has 32 heavy (non-hydrogen) atoms. The first-order valence-corrected chi connectivity index (χ1v) is 10.5. The number of thiocarbonyl (C=S) groups is 1. The molecule has 0 spiro atoms. The minimum absolute atomic E-state index is 0.277. The zero-order valence-electron chi connectivity index (χ0n) is 17.1. The summed E-state index contributed by atoms with van der Waals surface area (Å²) in [6.45, 7) is 1.72. The van der Waals surface area contributed by atoms with Gasteiger partial charge in [-0.25, -0.2) is 8.78 Å². The SMILES string of the molecule is Cc1cc(N2C(=S)N[C@@H](c3ccccn3)[C@@H]2c2ccc(-c3ccc(F)cc3)o2)ccc1F. The van der Waals surface area contributed by atoms with E-state index in [-0.39, 0.29) is 23.7 Å². The zero-order valence-corrected chi connectivity index (χ0v) is 17.9. The molecule has 4 aromatic rings. The Morgan fingerprint density at radius 2 is 1.81 bits per heavy atom. The predicted octanol–water partition coefficient (Wildman–Crippen LogP) is 6.11. The highest BCUT2D eigenvalue weighted by atomic mass is 32.1. The number of benzene rings is 2. The molecule has 1 saturated heterocycles. The zero-order chi connectivity index (χ0) is 22.2. The molecule has 0 aliphatic carbocycles. The number of hydrogen-bond acceptors (Lipinski definition) is 3. The smallest absolute Gasteiger partial charge is 0.174 e. The summed E-state index contributed by atoms with van der Waals surface area (Å²) in [5.74, 6) is 0.697. The number of hydrogen-bond donors (Lipinski definition) is 1. The van der Waals surface area contributed by atoms with Crippen LogP contribution < -0.4 is 10.2 Å². The quantitative estimate of drug-likeness (QED) is 0.383. The fourth-order valence-electron chi connectivity index (χ4n) is 3.98. The summed E-state index contributed by atoms with van der Waals surface area (Å²) in [6.07, 6.45) is 1.73. The van der Waals surface area contributed by atoms with Gasteiger partial charge in [-0.05, 0) is 91.4 Å². The summed E-state index contributed by atoms with van der Waals surface area (Å²) in [7, 11) is 0. The summed E-state index contributed by atoms with van der Waals surface area (Å²) in [4.78, 5) is 6.44. The van der Waals surface area contributed by atoms with Gasteiger partial charge in [0.25, 0.3) is 0 Å². The molecule has 7 heteroatoms. The number of nitrogens with zero attached hydrogens (tertiary/aromatic N) is 2. The Bertz CT molecular complexity index is 1270. The molecule has 3 heterocycles. The van der Waals surface area contributed by atoms with Gasteiger partial charge in [0, 0.05) is 17.4 Å². The van der Waals surface area contributed by atoms with Crippen LogP contribution in [0.5, 0.6) is 0 Å². The Morgan fingerprint density at radius 1 is 1.00 bits per heavy atom. The number of aryl methyl sites for hydroxylation is 1. The van der Waals surface area contributed by atoms with Gasteiger partial charge in [-0.15, -0.1) is 0 Å². The molecule has 0 radical (unpaired) electrons. The van der Waals surface area contributed by atoms with Crippen LogP contribution in [0.1, 0.15) is 29.1 Å². The standard InChI is InChI=1S/C25H19F2N3OS/c1-15-14-18(9-10-19(15)27)30-24(23(29-25(30)32)20-4-2-3-13-28-20)22-12-11-21(31-22)16-5-7-17(26)8-6-16/h2-14,23-24H,1H3,(H,29,32)/t23-,24-/m0/s1. The van der Waals surface area contributed by atoms with E-state index in [1.54, 1.807) is 37.4 Å². The van der Waals surface area contributed by atoms with E-state index in [0.717, 1.165) is 16.9 Å². The van der Waals surface area contributed by atoms with Crippen molar-refractivity contribution in [1.82, 2.24) is 10.3 Å². The van der Waals surface area contributed by atoms with Crippen molar-refractivity contribution in [3.8, 4) is 11.3 Å². The number of halogens is 2. The highest BCUT2D eigenvalue weighted by molar-refractivity contribution is 7.80. The van der Waals surface area contributed by atoms with Crippen molar-refractivity contribution in [3.05, 3.63) is 108 Å². The summed E-state index contributed by atoms with van der Waals surface area (Å²) < 4.78 is 33.5. The van der Waals surface area contributed by atoms with Crippen molar-refractivity contribution in [2.45, 2.75) is 19.0 Å². The largest absolute Gasteiger partial charge is 0.459 e. The van der Waals surface area contributed by atoms with E-state index in [1.165, 1.54) is 18.2 Å². The molecular formula is C25H19F2N3OS. The molecule has 2 aromatic heterocycles. The Morgan fingerprint density at radius 3 is 2.53 bits per heavy atom. The highest BCUT2D eigenvalue weighted by Crippen LogP contribution is 2.43. The first-order valence-electron chi connectivity index (χ1n) is 10.1. The Kier molecular flexibility index (Phi) is 5.19. The monoisotopic (exact) mass is 447 g/mol. The van der Waals surface area contributed by atoms with Crippen LogP contribution in [0.3, 0.4) is 0 Å². The fraction of sp³-hybridized carbons (Fsp3) is 0.120. The molecule has 2 aromatic carbocycles. The van der Waals surface area contributed by atoms with Gasteiger partial charge in [0.15, 0.2) is 5.11 Å². The normalized spacial score (nSPS) is 18.1. The average molecular weight is 448 g/mol. The van der Waals surface area contributed by atoms with Crippen molar-refractivity contribution >= 4 is 23.0 Å². The lowest BCUT2D eigenvalue weighted by atomic mass is 10.0. The minimum Gasteiger partial charge on any atom is -0.459 e. The van der Waals surface area contributed by atoms with E-state index in [9.17, 15) is 8.78 Å². The summed E-state index contributed by atoms with van der Waals surface area (Å²) in [5.41, 5.74) is 2.85. The summed E-state index contributed by atoms with van der Waals surface area (Å²) in [6, 6.07) is 19.9. The second kappa shape index (κ2) is 8.16. The van der Waals surface area contributed by atoms with Gasteiger partial charge in [-0.2, -0.15) is 0 Å². The van der Waals surface area contributed by atoms with Crippen molar-refractivity contribution in [2.75, 3.05) is 4.90 Å². The van der Waals surface area contributed by atoms with Crippen LogP contribution in [0.4, 0.5) is 14.5 Å². The topological polar surface area (TPSA) is 41.3 Å². The van der Waals surface area contributed by atoms with Crippen molar-refractivity contribution in [3.63, 3.8) is 0 Å². The van der Waals surface area contributed by atoms with Gasteiger partial charge in [0.1, 0.15) is 29.2 Å². The second-order valence-corrected chi connectivity index (χ2v) is 8.03. The lowest BCUT2D eigenvalue weighted by molar-refractivity contribution is 0.439. The van der Waals surface area contributed by atoms with E-state index < -0.39 is 0 Å². The Hall–Kier alpha value is -3.58. The van der Waals surface area contributed by atoms with Crippen LogP contribution in [0.15, 0.2) is 83.4 Å². The van der Waals surface area contributed by atoms with Gasteiger partial charge in [0.05, 0.1) is 11.7 Å². The molecular weight excluding hydrogens is 428 g/mol. The molecule has 0 amide bonds. The molecule has 1 N–H and O–H groups in total. The summed E-state index contributed by atoms with van der Waals surface area (Å²) in [5, 5.41) is 3.85. The molecule has 2 atom stereocenters. The molecule has 160 valence electrons. The third-order valence-electron chi connectivity index (χ3n) is 5.56. The van der Waals surface area contributed by atoms with Crippen molar-refractivity contribution < 1.29 is 13.2 Å². The van der Waals surface area contributed by atoms with Crippen LogP contribution in [-0.4, -0.2) is 10.1 Å². The number of anilines is 1. The number of nitrogens with one attached hydrogen (secondary N) is 1. The van der Waals surface area contributed by atoms with E-state index in [4.69, 9.17) is 16.6 Å². The van der Waals surface area contributed by atoms with Gasteiger partial charge in [-0.1, -0.05) is 6.07 Å². The van der Waals surface area contributed by atoms with Gasteiger partial charge < -0.3 is 14.6 Å². The number of pyridine rings is 1. The maximum absolute atomic E-state index is 13.9. The maximum atomic E-state index is 13.9. The van der Waals surface area contributed by atoms with E-state index in [2.05, 4.69) is 10.3 Å². The van der Waals surface area contributed by atoms with E-state index in [0.29, 0.717) is 22.2 Å². The third kappa shape index (κ3) is 3.65. The Balaban J connectivity index is 1.60. The molecule has 0 saturated carbocycles. The first-order chi connectivity index (χ1) is 15.5. The molecule has 0 unspecified atom stereocenters. The number of furan rings is 1. The minimum atomic E-state index is -0.351. The maximum Gasteiger partial charge on any atom is 0.174 e. The van der Waals surface area contributed by atoms with Gasteiger partial charge in [-0.3, -0.25) is 4.98 Å². The van der Waals surface area contributed by atoms with E-state index >= 15 is 0 Å². The molecule has 1 fully saturated rings. The molecule has 0 bridgehead atoms. The van der Waals surface area contributed by atoms with Crippen LogP contribution in [0, 0.1) is 18.6 Å². The second-order valence-electron chi connectivity index (χ2n) is 7.64. The molecule has 1 aliphatic heterocycles. The predicted molar refractivity (Wildman–Crippen MR) is 123 cm³/mol. The lowest BCUT2D eigenvalue weighted by Crippen LogP contribution is -2.29. The molecule has 1 aliphatic rings. The fourth-order valence-corrected chi connectivity index (χ4v) is 4.33. The molecule has 5 rings (SSSR count). The van der Waals surface area contributed by atoms with Crippen molar-refractivity contribution in [2.24, 2.45) is 0 Å². The van der Waals surface area contributed by atoms with Crippen LogP contribution in [0.2, 0.25) is 0 Å². The Labute approximate surface area is 189 Å². The van der Waals surface area contributed by atoms with Gasteiger partial charge in [0.2, 0.25) is 0 Å². The van der Waals surface area contributed by atoms with E-state index in [1.807, 2.05) is 35.2 Å².